The molecule has 1 saturated heterocycles. The number of aromatic nitrogens is 3. The maximum Gasteiger partial charge on any atom is 0.208 e. The number of carbonyl (C=O) groups is 1. The molecular weight excluding hydrogens is 534 g/mol. The van der Waals surface area contributed by atoms with Crippen LogP contribution in [-0.2, 0) is 23.7 Å². The molecule has 5 rings (SSSR count). The fourth-order valence-corrected chi connectivity index (χ4v) is 5.88. The van der Waals surface area contributed by atoms with E-state index in [-0.39, 0.29) is 17.1 Å². The number of likely N-dealkylation sites (tertiary alicyclic amines) is 1. The van der Waals surface area contributed by atoms with E-state index < -0.39 is 0 Å². The lowest BCUT2D eigenvalue weighted by Crippen LogP contribution is -2.40. The van der Waals surface area contributed by atoms with Crippen LogP contribution in [0.5, 0.6) is 11.5 Å². The molecule has 0 amide bonds. The van der Waals surface area contributed by atoms with Crippen molar-refractivity contribution in [1.82, 2.24) is 19.4 Å². The van der Waals surface area contributed by atoms with Crippen molar-refractivity contribution in [2.24, 2.45) is 13.0 Å². The van der Waals surface area contributed by atoms with Gasteiger partial charge in [0, 0.05) is 54.5 Å². The third kappa shape index (κ3) is 6.74. The van der Waals surface area contributed by atoms with E-state index in [4.69, 9.17) is 21.3 Å². The van der Waals surface area contributed by atoms with Crippen LogP contribution in [0.1, 0.15) is 58.7 Å². The van der Waals surface area contributed by atoms with Gasteiger partial charge in [0.15, 0.2) is 0 Å². The monoisotopic (exact) mass is 573 g/mol. The number of hydrogen-bond acceptors (Lipinski definition) is 6. The van der Waals surface area contributed by atoms with Crippen molar-refractivity contribution in [1.29, 1.82) is 0 Å². The smallest absolute Gasteiger partial charge is 0.208 e. The predicted molar refractivity (Wildman–Crippen MR) is 167 cm³/mol. The number of Topliss-reactive ketones (excluding diaryl/α,β-unsaturated/α-hetero) is 1. The van der Waals surface area contributed by atoms with Gasteiger partial charge in [-0.05, 0) is 87.2 Å². The maximum absolute atomic E-state index is 13.0. The summed E-state index contributed by atoms with van der Waals surface area (Å²) >= 11 is 6.46. The van der Waals surface area contributed by atoms with Crippen LogP contribution >= 0.6 is 11.6 Å². The summed E-state index contributed by atoms with van der Waals surface area (Å²) in [5, 5.41) is 4.20. The highest BCUT2D eigenvalue weighted by molar-refractivity contribution is 6.31. The number of aryl methyl sites for hydroxylation is 1. The molecule has 7 nitrogen and oxygen atoms in total. The molecule has 41 heavy (non-hydrogen) atoms. The number of anilines is 2. The van der Waals surface area contributed by atoms with Gasteiger partial charge in [-0.3, -0.25) is 9.78 Å². The number of halogens is 1. The summed E-state index contributed by atoms with van der Waals surface area (Å²) in [6, 6.07) is 16.0. The Labute approximate surface area is 247 Å². The van der Waals surface area contributed by atoms with Crippen LogP contribution in [0.4, 0.5) is 11.6 Å². The summed E-state index contributed by atoms with van der Waals surface area (Å²) in [5.41, 5.74) is 4.47. The van der Waals surface area contributed by atoms with Crippen molar-refractivity contribution in [3.8, 4) is 11.5 Å². The molecule has 1 N–H and O–H groups in total. The Morgan fingerprint density at radius 2 is 1.80 bits per heavy atom. The zero-order valence-electron chi connectivity index (χ0n) is 24.9. The average molecular weight is 574 g/mol. The number of ether oxygens (including phenoxy) is 1. The highest BCUT2D eigenvalue weighted by Crippen LogP contribution is 2.33. The van der Waals surface area contributed by atoms with Gasteiger partial charge in [0.1, 0.15) is 17.3 Å². The zero-order chi connectivity index (χ0) is 29.3. The highest BCUT2D eigenvalue weighted by atomic mass is 35.5. The Bertz CT molecular complexity index is 1550. The zero-order valence-corrected chi connectivity index (χ0v) is 25.6. The quantitative estimate of drug-likeness (QED) is 0.233. The molecule has 1 aliphatic heterocycles. The Balaban J connectivity index is 1.27. The lowest BCUT2D eigenvalue weighted by atomic mass is 9.87. The number of ketones is 1. The highest BCUT2D eigenvalue weighted by Gasteiger charge is 2.26. The van der Waals surface area contributed by atoms with Gasteiger partial charge in [-0.2, -0.15) is 0 Å². The van der Waals surface area contributed by atoms with Gasteiger partial charge in [-0.1, -0.05) is 32.4 Å². The van der Waals surface area contributed by atoms with Crippen molar-refractivity contribution in [2.75, 3.05) is 18.4 Å². The summed E-state index contributed by atoms with van der Waals surface area (Å²) in [6.07, 6.45) is 3.88. The van der Waals surface area contributed by atoms with Crippen LogP contribution in [-0.4, -0.2) is 44.3 Å². The fraction of sp³-hybridized carbons (Fsp3) is 0.424. The van der Waals surface area contributed by atoms with E-state index in [9.17, 15) is 4.79 Å². The molecule has 3 heterocycles. The number of benzene rings is 2. The van der Waals surface area contributed by atoms with Crippen molar-refractivity contribution in [2.45, 2.75) is 65.3 Å². The van der Waals surface area contributed by atoms with Crippen LogP contribution in [0.15, 0.2) is 54.7 Å². The molecule has 8 heteroatoms. The first-order valence-corrected chi connectivity index (χ1v) is 14.8. The molecule has 0 bridgehead atoms. The number of nitrogens with zero attached hydrogens (tertiary/aromatic N) is 4. The average Bonchev–Trinajstić information content (AvgIpc) is 3.23. The predicted octanol–water partition coefficient (Wildman–Crippen LogP) is 7.69. The minimum Gasteiger partial charge on any atom is -0.457 e. The Kier molecular flexibility index (Phi) is 8.39. The summed E-state index contributed by atoms with van der Waals surface area (Å²) in [7, 11) is 1.98. The number of fused-ring (bicyclic) bond motifs is 1. The minimum atomic E-state index is -0.0707. The lowest BCUT2D eigenvalue weighted by Gasteiger charge is -2.33. The molecule has 0 unspecified atom stereocenters. The Morgan fingerprint density at radius 1 is 1.07 bits per heavy atom. The summed E-state index contributed by atoms with van der Waals surface area (Å²) in [4.78, 5) is 24.7. The number of nitrogens with one attached hydrogen (secondary N) is 1. The standard InChI is InChI=1S/C33H40ClN5O2/c1-21(2)39-15-12-22(13-16-39)31(40)19-24-17-26(11-14-35-24)41-25-8-10-30-29(20-25)37-32(38(30)6)36-23-7-9-28(34)27(18-23)33(3,4)5/h7-11,14,17-18,20-22H,12-13,15-16,19H2,1-6H3,(H,36,37). The molecule has 0 atom stereocenters. The third-order valence-electron chi connectivity index (χ3n) is 7.98. The van der Waals surface area contributed by atoms with Gasteiger partial charge in [0.05, 0.1) is 16.7 Å². The minimum absolute atomic E-state index is 0.0707. The van der Waals surface area contributed by atoms with Crippen molar-refractivity contribution in [3.63, 3.8) is 0 Å². The second-order valence-electron chi connectivity index (χ2n) is 12.3. The van der Waals surface area contributed by atoms with E-state index in [1.165, 1.54) is 0 Å². The summed E-state index contributed by atoms with van der Waals surface area (Å²) in [5.74, 6) is 2.43. The number of imidazole rings is 1. The molecule has 216 valence electrons. The van der Waals surface area contributed by atoms with Crippen LogP contribution in [0.3, 0.4) is 0 Å². The number of hydrogen-bond donors (Lipinski definition) is 1. The Hall–Kier alpha value is -3.42. The first-order valence-electron chi connectivity index (χ1n) is 14.4. The van der Waals surface area contributed by atoms with E-state index in [1.807, 2.05) is 54.1 Å². The molecule has 0 spiro atoms. The second-order valence-corrected chi connectivity index (χ2v) is 12.8. The summed E-state index contributed by atoms with van der Waals surface area (Å²) in [6.45, 7) is 12.8. The van der Waals surface area contributed by atoms with E-state index >= 15 is 0 Å². The number of carbonyl (C=O) groups excluding carboxylic acids is 1. The number of piperidine rings is 1. The number of rotatable bonds is 8. The van der Waals surface area contributed by atoms with Crippen molar-refractivity contribution >= 4 is 40.1 Å². The topological polar surface area (TPSA) is 72.3 Å². The third-order valence-corrected chi connectivity index (χ3v) is 8.31. The second kappa shape index (κ2) is 11.8. The molecule has 0 aliphatic carbocycles. The van der Waals surface area contributed by atoms with E-state index in [1.54, 1.807) is 6.20 Å². The van der Waals surface area contributed by atoms with Gasteiger partial charge in [-0.15, -0.1) is 0 Å². The number of pyridine rings is 1. The molecule has 4 aromatic rings. The van der Waals surface area contributed by atoms with Gasteiger partial charge < -0.3 is 19.5 Å². The normalized spacial score (nSPS) is 15.0. The molecule has 0 radical (unpaired) electrons. The first kappa shape index (κ1) is 29.1. The first-order chi connectivity index (χ1) is 19.5. The van der Waals surface area contributed by atoms with Gasteiger partial charge in [0.25, 0.3) is 0 Å². The summed E-state index contributed by atoms with van der Waals surface area (Å²) < 4.78 is 8.21. The SMILES string of the molecule is CC(C)N1CCC(C(=O)Cc2cc(Oc3ccc4c(c3)nc(Nc3ccc(Cl)c(C(C)(C)C)c3)n4C)ccn2)CC1. The molecular formula is C33H40ClN5O2. The molecule has 1 fully saturated rings. The van der Waals surface area contributed by atoms with E-state index in [0.717, 1.165) is 64.9 Å². The van der Waals surface area contributed by atoms with Gasteiger partial charge in [0.2, 0.25) is 5.95 Å². The van der Waals surface area contributed by atoms with Gasteiger partial charge >= 0.3 is 0 Å². The van der Waals surface area contributed by atoms with E-state index in [2.05, 4.69) is 55.9 Å². The fourth-order valence-electron chi connectivity index (χ4n) is 5.47. The maximum atomic E-state index is 13.0. The van der Waals surface area contributed by atoms with Crippen molar-refractivity contribution in [3.05, 3.63) is 71.0 Å². The largest absolute Gasteiger partial charge is 0.457 e. The lowest BCUT2D eigenvalue weighted by molar-refractivity contribution is -0.123. The molecule has 2 aromatic heterocycles. The Morgan fingerprint density at radius 3 is 2.51 bits per heavy atom. The van der Waals surface area contributed by atoms with Crippen LogP contribution < -0.4 is 10.1 Å². The van der Waals surface area contributed by atoms with E-state index in [0.29, 0.717) is 24.0 Å². The van der Waals surface area contributed by atoms with Crippen molar-refractivity contribution < 1.29 is 9.53 Å². The molecule has 2 aromatic carbocycles. The van der Waals surface area contributed by atoms with Crippen LogP contribution in [0, 0.1) is 5.92 Å². The van der Waals surface area contributed by atoms with Crippen LogP contribution in [0.25, 0.3) is 11.0 Å². The molecule has 1 aliphatic rings. The van der Waals surface area contributed by atoms with Crippen LogP contribution in [0.2, 0.25) is 5.02 Å². The molecule has 0 saturated carbocycles. The van der Waals surface area contributed by atoms with Gasteiger partial charge in [-0.25, -0.2) is 4.98 Å².